The summed E-state index contributed by atoms with van der Waals surface area (Å²) in [6, 6.07) is 14.8. The number of anilines is 1. The molecule has 43 heavy (non-hydrogen) atoms. The van der Waals surface area contributed by atoms with Gasteiger partial charge in [-0.2, -0.15) is 13.2 Å². The monoisotopic (exact) mass is 655 g/mol. The predicted molar refractivity (Wildman–Crippen MR) is 159 cm³/mol. The molecule has 1 aliphatic carbocycles. The maximum atomic E-state index is 14.0. The van der Waals surface area contributed by atoms with Crippen LogP contribution >= 0.6 is 23.2 Å². The molecule has 1 saturated carbocycles. The number of nitrogens with zero attached hydrogens (tertiary/aromatic N) is 2. The zero-order chi connectivity index (χ0) is 31.4. The second-order valence-corrected chi connectivity index (χ2v) is 12.9. The summed E-state index contributed by atoms with van der Waals surface area (Å²) < 4.78 is 69.3. The molecule has 1 aliphatic rings. The van der Waals surface area contributed by atoms with Gasteiger partial charge in [0.1, 0.15) is 12.6 Å². The van der Waals surface area contributed by atoms with Gasteiger partial charge in [0.2, 0.25) is 11.8 Å². The van der Waals surface area contributed by atoms with Gasteiger partial charge >= 0.3 is 6.18 Å². The smallest absolute Gasteiger partial charge is 0.352 e. The summed E-state index contributed by atoms with van der Waals surface area (Å²) in [4.78, 5) is 28.2. The van der Waals surface area contributed by atoms with Crippen molar-refractivity contribution in [3.8, 4) is 0 Å². The number of halogens is 5. The van der Waals surface area contributed by atoms with Crippen LogP contribution in [0.25, 0.3) is 0 Å². The van der Waals surface area contributed by atoms with Crippen molar-refractivity contribution in [1.29, 1.82) is 0 Å². The number of alkyl halides is 3. The Morgan fingerprint density at radius 1 is 0.953 bits per heavy atom. The molecule has 0 saturated heterocycles. The van der Waals surface area contributed by atoms with Crippen molar-refractivity contribution < 1.29 is 31.2 Å². The van der Waals surface area contributed by atoms with E-state index in [2.05, 4.69) is 5.32 Å². The topological polar surface area (TPSA) is 86.8 Å². The van der Waals surface area contributed by atoms with Gasteiger partial charge in [-0.3, -0.25) is 13.9 Å². The molecule has 2 amide bonds. The van der Waals surface area contributed by atoms with Gasteiger partial charge in [0.25, 0.3) is 10.0 Å². The zero-order valence-electron chi connectivity index (χ0n) is 23.2. The van der Waals surface area contributed by atoms with E-state index in [1.807, 2.05) is 0 Å². The Labute approximate surface area is 258 Å². The normalized spacial score (nSPS) is 14.7. The van der Waals surface area contributed by atoms with Crippen molar-refractivity contribution in [2.24, 2.45) is 0 Å². The molecule has 0 aliphatic heterocycles. The Kier molecular flexibility index (Phi) is 10.3. The maximum absolute atomic E-state index is 14.0. The molecule has 7 nitrogen and oxygen atoms in total. The summed E-state index contributed by atoms with van der Waals surface area (Å²) >= 11 is 12.6. The molecule has 0 aromatic heterocycles. The van der Waals surface area contributed by atoms with Gasteiger partial charge < -0.3 is 10.2 Å². The average molecular weight is 657 g/mol. The fraction of sp³-hybridized carbons (Fsp3) is 0.333. The number of sulfonamides is 1. The quantitative estimate of drug-likeness (QED) is 0.264. The van der Waals surface area contributed by atoms with Gasteiger partial charge in [0.15, 0.2) is 0 Å². The lowest BCUT2D eigenvalue weighted by Gasteiger charge is -2.33. The first-order valence-corrected chi connectivity index (χ1v) is 15.8. The highest BCUT2D eigenvalue weighted by molar-refractivity contribution is 7.92. The largest absolute Gasteiger partial charge is 0.416 e. The molecular weight excluding hydrogens is 626 g/mol. The van der Waals surface area contributed by atoms with E-state index in [-0.39, 0.29) is 22.5 Å². The molecule has 230 valence electrons. The fourth-order valence-corrected chi connectivity index (χ4v) is 6.81. The van der Waals surface area contributed by atoms with Crippen molar-refractivity contribution in [1.82, 2.24) is 10.2 Å². The Balaban J connectivity index is 1.77. The second kappa shape index (κ2) is 13.6. The third kappa shape index (κ3) is 7.82. The Hall–Kier alpha value is -3.28. The van der Waals surface area contributed by atoms with Gasteiger partial charge in [-0.25, -0.2) is 8.42 Å². The highest BCUT2D eigenvalue weighted by atomic mass is 35.5. The number of carbonyl (C=O) groups excluding carboxylic acids is 2. The first-order valence-electron chi connectivity index (χ1n) is 13.6. The standard InChI is InChI=1S/C30H30Cl2F3N3O4S/c1-20(29(40)36-23-10-6-7-11-23)37(18-21-9-5-8-14-25(21)31)28(39)19-38(43(41,42)24-12-3-2-4-13-24)27-17-22(30(33,34)35)15-16-26(27)32/h2-5,8-9,12-17,20,23H,6-7,10-11,18-19H2,1H3,(H,36,40)/t20-/m0/s1. The number of hydrogen-bond acceptors (Lipinski definition) is 4. The van der Waals surface area contributed by atoms with Gasteiger partial charge in [0.05, 0.1) is 21.2 Å². The van der Waals surface area contributed by atoms with Gasteiger partial charge in [-0.15, -0.1) is 0 Å². The molecule has 4 rings (SSSR count). The third-order valence-corrected chi connectivity index (χ3v) is 9.78. The number of carbonyl (C=O) groups is 2. The van der Waals surface area contributed by atoms with Gasteiger partial charge in [0, 0.05) is 17.6 Å². The molecule has 0 bridgehead atoms. The fourth-order valence-electron chi connectivity index (χ4n) is 4.90. The molecule has 0 radical (unpaired) electrons. The van der Waals surface area contributed by atoms with Crippen LogP contribution in [0, 0.1) is 0 Å². The van der Waals surface area contributed by atoms with E-state index in [4.69, 9.17) is 23.2 Å². The van der Waals surface area contributed by atoms with Crippen molar-refractivity contribution in [3.63, 3.8) is 0 Å². The summed E-state index contributed by atoms with van der Waals surface area (Å²) in [6.07, 6.45) is -1.28. The third-order valence-electron chi connectivity index (χ3n) is 7.32. The second-order valence-electron chi connectivity index (χ2n) is 10.3. The van der Waals surface area contributed by atoms with Crippen molar-refractivity contribution in [2.75, 3.05) is 10.8 Å². The SMILES string of the molecule is C[C@@H](C(=O)NC1CCCC1)N(Cc1ccccc1Cl)C(=O)CN(c1cc(C(F)(F)F)ccc1Cl)S(=O)(=O)c1ccccc1. The predicted octanol–water partition coefficient (Wildman–Crippen LogP) is 6.68. The minimum absolute atomic E-state index is 0.0499. The minimum atomic E-state index is -4.81. The van der Waals surface area contributed by atoms with E-state index in [0.29, 0.717) is 21.0 Å². The molecule has 0 heterocycles. The van der Waals surface area contributed by atoms with E-state index in [0.717, 1.165) is 37.8 Å². The van der Waals surface area contributed by atoms with Crippen LogP contribution in [0.3, 0.4) is 0 Å². The lowest BCUT2D eigenvalue weighted by molar-refractivity contribution is -0.139. The summed E-state index contributed by atoms with van der Waals surface area (Å²) in [5, 5.41) is 2.95. The molecule has 3 aromatic carbocycles. The Bertz CT molecular complexity index is 1570. The van der Waals surface area contributed by atoms with Crippen molar-refractivity contribution in [2.45, 2.75) is 62.3 Å². The van der Waals surface area contributed by atoms with Crippen molar-refractivity contribution >= 4 is 50.7 Å². The summed E-state index contributed by atoms with van der Waals surface area (Å²) in [5.74, 6) is -1.29. The molecule has 3 aromatic rings. The number of nitrogens with one attached hydrogen (secondary N) is 1. The van der Waals surface area contributed by atoms with Crippen LogP contribution in [0.5, 0.6) is 0 Å². The van der Waals surface area contributed by atoms with Gasteiger partial charge in [-0.1, -0.05) is 72.4 Å². The molecule has 0 unspecified atom stereocenters. The molecule has 13 heteroatoms. The lowest BCUT2D eigenvalue weighted by Crippen LogP contribution is -2.52. The van der Waals surface area contributed by atoms with Crippen LogP contribution < -0.4 is 9.62 Å². The molecule has 1 fully saturated rings. The van der Waals surface area contributed by atoms with Crippen LogP contribution in [0.15, 0.2) is 77.7 Å². The maximum Gasteiger partial charge on any atom is 0.416 e. The molecule has 1 N–H and O–H groups in total. The number of hydrogen-bond donors (Lipinski definition) is 1. The van der Waals surface area contributed by atoms with E-state index < -0.39 is 51.9 Å². The van der Waals surface area contributed by atoms with Crippen molar-refractivity contribution in [3.05, 3.63) is 94.0 Å². The lowest BCUT2D eigenvalue weighted by atomic mass is 10.1. The van der Waals surface area contributed by atoms with Gasteiger partial charge in [-0.05, 0) is 61.7 Å². The van der Waals surface area contributed by atoms with E-state index in [9.17, 15) is 31.2 Å². The molecule has 0 spiro atoms. The number of benzene rings is 3. The van der Waals surface area contributed by atoms with Crippen LogP contribution in [-0.2, 0) is 32.3 Å². The Morgan fingerprint density at radius 2 is 1.58 bits per heavy atom. The minimum Gasteiger partial charge on any atom is -0.352 e. The average Bonchev–Trinajstić information content (AvgIpc) is 3.48. The summed E-state index contributed by atoms with van der Waals surface area (Å²) in [6.45, 7) is 0.406. The first-order chi connectivity index (χ1) is 20.3. The molecule has 1 atom stereocenters. The van der Waals surface area contributed by atoms with E-state index >= 15 is 0 Å². The first kappa shape index (κ1) is 32.6. The van der Waals surface area contributed by atoms with E-state index in [1.54, 1.807) is 30.3 Å². The van der Waals surface area contributed by atoms with E-state index in [1.165, 1.54) is 36.1 Å². The summed E-state index contributed by atoms with van der Waals surface area (Å²) in [5.41, 5.74) is -1.19. The molecular formula is C30H30Cl2F3N3O4S. The van der Waals surface area contributed by atoms with Crippen LogP contribution in [-0.4, -0.2) is 43.8 Å². The summed E-state index contributed by atoms with van der Waals surface area (Å²) in [7, 11) is -4.61. The highest BCUT2D eigenvalue weighted by Crippen LogP contribution is 2.37. The van der Waals surface area contributed by atoms with Crippen LogP contribution in [0.4, 0.5) is 18.9 Å². The zero-order valence-corrected chi connectivity index (χ0v) is 25.5. The number of rotatable bonds is 10. The Morgan fingerprint density at radius 3 is 2.21 bits per heavy atom. The highest BCUT2D eigenvalue weighted by Gasteiger charge is 2.37. The van der Waals surface area contributed by atoms with Crippen LogP contribution in [0.2, 0.25) is 10.0 Å². The number of amides is 2. The van der Waals surface area contributed by atoms with Crippen LogP contribution in [0.1, 0.15) is 43.7 Å².